The maximum atomic E-state index is 3.72. The predicted octanol–water partition coefficient (Wildman–Crippen LogP) is 3.27. The van der Waals surface area contributed by atoms with Crippen LogP contribution >= 0.6 is 11.6 Å². The lowest BCUT2D eigenvalue weighted by molar-refractivity contribution is 1.59. The molecule has 0 spiro atoms. The van der Waals surface area contributed by atoms with Gasteiger partial charge < -0.3 is 0 Å². The molecule has 0 aromatic heterocycles. The molecule has 0 fully saturated rings. The van der Waals surface area contributed by atoms with Gasteiger partial charge in [0.2, 0.25) is 5.99 Å². The quantitative estimate of drug-likeness (QED) is 0.413. The van der Waals surface area contributed by atoms with E-state index < -0.39 is 0 Å². The average molecular weight is 166 g/mol. The molecule has 0 saturated heterocycles. The molecule has 0 heterocycles. The zero-order valence-corrected chi connectivity index (χ0v) is 7.78. The minimum atomic E-state index is 0.642. The molecule has 0 rings (SSSR count). The van der Waals surface area contributed by atoms with Gasteiger partial charge in [0.05, 0.1) is 0 Å². The van der Waals surface area contributed by atoms with Crippen LogP contribution in [-0.2, 0) is 0 Å². The Morgan fingerprint density at radius 3 is 1.91 bits per heavy atom. The summed E-state index contributed by atoms with van der Waals surface area (Å²) >= 11 is 1.91. The summed E-state index contributed by atoms with van der Waals surface area (Å²) in [5.41, 5.74) is 0. The van der Waals surface area contributed by atoms with Crippen LogP contribution in [0.4, 0.5) is 0 Å². The highest BCUT2D eigenvalue weighted by molar-refractivity contribution is 8.25. The van der Waals surface area contributed by atoms with Gasteiger partial charge in [0.15, 0.2) is 0 Å². The van der Waals surface area contributed by atoms with Crippen LogP contribution in [0.1, 0.15) is 0 Å². The summed E-state index contributed by atoms with van der Waals surface area (Å²) in [7, 11) is 0. The summed E-state index contributed by atoms with van der Waals surface area (Å²) in [6.45, 7) is 11.1. The van der Waals surface area contributed by atoms with Crippen molar-refractivity contribution in [1.82, 2.24) is 0 Å². The molecule has 0 bridgehead atoms. The number of hydrogen-bond donors (Lipinski definition) is 0. The number of hydrogen-bond acceptors (Lipinski definition) is 1. The van der Waals surface area contributed by atoms with Crippen LogP contribution in [0.15, 0.2) is 38.0 Å². The Hall–Kier alpha value is -0.365. The first-order chi connectivity index (χ1) is 5.35. The third kappa shape index (κ3) is 6.05. The topological polar surface area (TPSA) is 0 Å². The van der Waals surface area contributed by atoms with E-state index >= 15 is 0 Å². The van der Waals surface area contributed by atoms with Crippen molar-refractivity contribution in [2.24, 2.45) is 0 Å². The molecule has 0 aliphatic carbocycles. The van der Waals surface area contributed by atoms with E-state index in [9.17, 15) is 0 Å². The van der Waals surface area contributed by atoms with Gasteiger partial charge in [-0.2, -0.15) is 0 Å². The molecule has 0 N–H and O–H groups in total. The van der Waals surface area contributed by atoms with E-state index in [1.54, 1.807) is 0 Å². The Balaban J connectivity index is 3.57. The highest BCUT2D eigenvalue weighted by atomic mass is 32.2. The van der Waals surface area contributed by atoms with E-state index in [1.165, 1.54) is 0 Å². The molecule has 0 saturated carbocycles. The van der Waals surface area contributed by atoms with Crippen molar-refractivity contribution in [1.29, 1.82) is 0 Å². The molecule has 0 atom stereocenters. The van der Waals surface area contributed by atoms with Gasteiger partial charge in [-0.15, -0.1) is 19.7 Å². The maximum Gasteiger partial charge on any atom is 0.217 e. The molecule has 0 radical (unpaired) electrons. The van der Waals surface area contributed by atoms with Crippen LogP contribution < -0.4 is 0 Å². The average Bonchev–Trinajstić information content (AvgIpc) is 2.01. The Morgan fingerprint density at radius 1 is 1.00 bits per heavy atom. The highest BCUT2D eigenvalue weighted by Gasteiger charge is 2.08. The molecule has 0 nitrogen and oxygen atoms in total. The Kier molecular flexibility index (Phi) is 7.48. The summed E-state index contributed by atoms with van der Waals surface area (Å²) in [5, 5.41) is 0. The standard InChI is InChI=1S/C9H15BS/c1-4-7-10(8-5-2)11-9-6-3/h4-6H,1-3,7-9H2. The zero-order chi connectivity index (χ0) is 8.53. The summed E-state index contributed by atoms with van der Waals surface area (Å²) in [6.07, 6.45) is 7.98. The van der Waals surface area contributed by atoms with E-state index in [-0.39, 0.29) is 0 Å². The molecule has 0 amide bonds. The number of allylic oxidation sites excluding steroid dienone is 2. The lowest BCUT2D eigenvalue weighted by Crippen LogP contribution is -2.04. The maximum absolute atomic E-state index is 3.72. The van der Waals surface area contributed by atoms with Crippen molar-refractivity contribution < 1.29 is 0 Å². The fourth-order valence-corrected chi connectivity index (χ4v) is 1.76. The Bertz CT molecular complexity index is 122. The normalized spacial score (nSPS) is 8.73. The van der Waals surface area contributed by atoms with Crippen LogP contribution in [0.3, 0.4) is 0 Å². The summed E-state index contributed by atoms with van der Waals surface area (Å²) in [5.74, 6) is 1.66. The largest absolute Gasteiger partial charge is 0.217 e. The van der Waals surface area contributed by atoms with Crippen molar-refractivity contribution in [2.45, 2.75) is 12.6 Å². The molecule has 0 aliphatic rings. The molecular formula is C9H15BS. The second kappa shape index (κ2) is 7.74. The van der Waals surface area contributed by atoms with Gasteiger partial charge in [-0.25, -0.2) is 11.6 Å². The van der Waals surface area contributed by atoms with Crippen LogP contribution in [0.25, 0.3) is 0 Å². The zero-order valence-electron chi connectivity index (χ0n) is 6.96. The van der Waals surface area contributed by atoms with Crippen molar-refractivity contribution in [3.05, 3.63) is 38.0 Å². The molecular weight excluding hydrogens is 151 g/mol. The molecule has 11 heavy (non-hydrogen) atoms. The first-order valence-electron chi connectivity index (χ1n) is 3.79. The van der Waals surface area contributed by atoms with Gasteiger partial charge in [0.25, 0.3) is 0 Å². The van der Waals surface area contributed by atoms with Gasteiger partial charge in [-0.3, -0.25) is 0 Å². The van der Waals surface area contributed by atoms with Gasteiger partial charge in [0, 0.05) is 5.75 Å². The summed E-state index contributed by atoms with van der Waals surface area (Å²) in [4.78, 5) is 0. The first kappa shape index (κ1) is 10.6. The first-order valence-corrected chi connectivity index (χ1v) is 4.84. The second-order valence-electron chi connectivity index (χ2n) is 2.29. The van der Waals surface area contributed by atoms with Crippen molar-refractivity contribution in [3.8, 4) is 0 Å². The lowest BCUT2D eigenvalue weighted by atomic mass is 9.69. The van der Waals surface area contributed by atoms with E-state index in [0.29, 0.717) is 5.99 Å². The minimum Gasteiger partial charge on any atom is -0.205 e. The highest BCUT2D eigenvalue weighted by Crippen LogP contribution is 2.16. The molecule has 0 aliphatic heterocycles. The van der Waals surface area contributed by atoms with Crippen LogP contribution in [0, 0.1) is 0 Å². The van der Waals surface area contributed by atoms with Crippen LogP contribution in [0.2, 0.25) is 12.6 Å². The lowest BCUT2D eigenvalue weighted by Gasteiger charge is -2.05. The third-order valence-corrected chi connectivity index (χ3v) is 2.59. The van der Waals surface area contributed by atoms with E-state index in [1.807, 2.05) is 29.8 Å². The van der Waals surface area contributed by atoms with Gasteiger partial charge in [-0.1, -0.05) is 18.2 Å². The second-order valence-corrected chi connectivity index (χ2v) is 3.63. The third-order valence-electron chi connectivity index (χ3n) is 1.31. The monoisotopic (exact) mass is 166 g/mol. The summed E-state index contributed by atoms with van der Waals surface area (Å²) < 4.78 is 0. The van der Waals surface area contributed by atoms with Crippen LogP contribution in [0.5, 0.6) is 0 Å². The van der Waals surface area contributed by atoms with Crippen LogP contribution in [-0.4, -0.2) is 11.7 Å². The smallest absolute Gasteiger partial charge is 0.205 e. The summed E-state index contributed by atoms with van der Waals surface area (Å²) in [6, 6.07) is 0. The molecule has 0 aromatic carbocycles. The Labute approximate surface area is 74.4 Å². The van der Waals surface area contributed by atoms with Gasteiger partial charge >= 0.3 is 0 Å². The van der Waals surface area contributed by atoms with Gasteiger partial charge in [-0.05, 0) is 12.6 Å². The molecule has 60 valence electrons. The Morgan fingerprint density at radius 2 is 1.55 bits per heavy atom. The molecule has 0 unspecified atom stereocenters. The molecule has 0 aromatic rings. The fourth-order valence-electron chi connectivity index (χ4n) is 0.808. The fraction of sp³-hybridized carbons (Fsp3) is 0.333. The predicted molar refractivity (Wildman–Crippen MR) is 58.4 cm³/mol. The van der Waals surface area contributed by atoms with E-state index in [0.717, 1.165) is 18.4 Å². The van der Waals surface area contributed by atoms with Crippen molar-refractivity contribution in [3.63, 3.8) is 0 Å². The van der Waals surface area contributed by atoms with Crippen molar-refractivity contribution in [2.75, 3.05) is 5.75 Å². The van der Waals surface area contributed by atoms with E-state index in [4.69, 9.17) is 0 Å². The molecule has 2 heteroatoms. The SMILES string of the molecule is C=CCSB(CC=C)CC=C. The van der Waals surface area contributed by atoms with E-state index in [2.05, 4.69) is 19.7 Å². The van der Waals surface area contributed by atoms with Gasteiger partial charge in [0.1, 0.15) is 0 Å². The number of rotatable bonds is 7. The minimum absolute atomic E-state index is 0.642. The van der Waals surface area contributed by atoms with Crippen molar-refractivity contribution >= 4 is 17.6 Å².